The number of aliphatic hydroxyl groups is 1. The predicted octanol–water partition coefficient (Wildman–Crippen LogP) is 3.05. The zero-order valence-electron chi connectivity index (χ0n) is 14.4. The molecule has 1 heterocycles. The van der Waals surface area contributed by atoms with Crippen LogP contribution < -0.4 is 0 Å². The summed E-state index contributed by atoms with van der Waals surface area (Å²) in [5.74, 6) is -2.18. The number of hydrogen-bond acceptors (Lipinski definition) is 3. The minimum atomic E-state index is -4.25. The fraction of sp³-hybridized carbons (Fsp3) is 1.00. The molecule has 3 nitrogen and oxygen atoms in total. The lowest BCUT2D eigenvalue weighted by Gasteiger charge is -2.47. The molecule has 6 heteroatoms. The number of aliphatic hydroxyl groups excluding tert-OH is 1. The van der Waals surface area contributed by atoms with Crippen LogP contribution in [0.25, 0.3) is 0 Å². The molecule has 1 aliphatic rings. The van der Waals surface area contributed by atoms with Crippen molar-refractivity contribution in [3.63, 3.8) is 0 Å². The lowest BCUT2D eigenvalue weighted by atomic mass is 9.75. The molecule has 1 aliphatic heterocycles. The minimum absolute atomic E-state index is 0.330. The first-order chi connectivity index (χ1) is 10.0. The Morgan fingerprint density at radius 3 is 2.32 bits per heavy atom. The number of piperidine rings is 1. The van der Waals surface area contributed by atoms with E-state index in [1.54, 1.807) is 0 Å². The van der Waals surface area contributed by atoms with Gasteiger partial charge in [0, 0.05) is 19.0 Å². The molecule has 4 atom stereocenters. The largest absolute Gasteiger partial charge is 0.392 e. The van der Waals surface area contributed by atoms with Crippen LogP contribution in [0.4, 0.5) is 13.2 Å². The molecule has 0 aromatic rings. The maximum absolute atomic E-state index is 13.4. The monoisotopic (exact) mass is 324 g/mol. The zero-order chi connectivity index (χ0) is 17.1. The van der Waals surface area contributed by atoms with Crippen molar-refractivity contribution in [1.82, 2.24) is 9.80 Å². The van der Waals surface area contributed by atoms with Gasteiger partial charge >= 0.3 is 6.18 Å². The average Bonchev–Trinajstić information content (AvgIpc) is 2.36. The number of alkyl halides is 3. The Bertz CT molecular complexity index is 334. The van der Waals surface area contributed by atoms with Crippen LogP contribution >= 0.6 is 0 Å². The van der Waals surface area contributed by atoms with Gasteiger partial charge in [0.25, 0.3) is 0 Å². The third-order valence-corrected chi connectivity index (χ3v) is 4.71. The Kier molecular flexibility index (Phi) is 7.15. The van der Waals surface area contributed by atoms with Gasteiger partial charge in [0.2, 0.25) is 0 Å². The molecule has 1 rings (SSSR count). The average molecular weight is 324 g/mol. The standard InChI is InChI=1S/C16H31F3N2O/c1-11(2)6-9-21-10-13(7-8-20(4)5)14(16(17,18)19)12(3)15(21)22/h11-15,22H,6-10H2,1-5H3. The Morgan fingerprint density at radius 2 is 1.86 bits per heavy atom. The van der Waals surface area contributed by atoms with Crippen molar-refractivity contribution < 1.29 is 18.3 Å². The first-order valence-electron chi connectivity index (χ1n) is 8.17. The third-order valence-electron chi connectivity index (χ3n) is 4.71. The summed E-state index contributed by atoms with van der Waals surface area (Å²) in [6, 6.07) is 0. The second kappa shape index (κ2) is 7.97. The summed E-state index contributed by atoms with van der Waals surface area (Å²) in [6.45, 7) is 7.33. The van der Waals surface area contributed by atoms with Gasteiger partial charge in [0.05, 0.1) is 5.92 Å². The van der Waals surface area contributed by atoms with Gasteiger partial charge in [-0.1, -0.05) is 20.8 Å². The van der Waals surface area contributed by atoms with Crippen molar-refractivity contribution in [2.75, 3.05) is 33.7 Å². The molecule has 4 unspecified atom stereocenters. The Balaban J connectivity index is 2.85. The maximum atomic E-state index is 13.4. The molecule has 0 aliphatic carbocycles. The van der Waals surface area contributed by atoms with E-state index >= 15 is 0 Å². The smallest absolute Gasteiger partial charge is 0.378 e. The summed E-state index contributed by atoms with van der Waals surface area (Å²) < 4.78 is 40.3. The fourth-order valence-corrected chi connectivity index (χ4v) is 3.38. The van der Waals surface area contributed by atoms with E-state index in [2.05, 4.69) is 13.8 Å². The third kappa shape index (κ3) is 5.39. The highest BCUT2D eigenvalue weighted by molar-refractivity contribution is 4.91. The predicted molar refractivity (Wildman–Crippen MR) is 82.4 cm³/mol. The quantitative estimate of drug-likeness (QED) is 0.813. The number of hydrogen-bond donors (Lipinski definition) is 1. The van der Waals surface area contributed by atoms with E-state index in [9.17, 15) is 18.3 Å². The van der Waals surface area contributed by atoms with Crippen LogP contribution in [0, 0.1) is 23.7 Å². The van der Waals surface area contributed by atoms with Gasteiger partial charge in [0.1, 0.15) is 6.23 Å². The van der Waals surface area contributed by atoms with Crippen LogP contribution in [0.5, 0.6) is 0 Å². The highest BCUT2D eigenvalue weighted by atomic mass is 19.4. The molecular weight excluding hydrogens is 293 g/mol. The van der Waals surface area contributed by atoms with Crippen molar-refractivity contribution in [2.45, 2.75) is 46.0 Å². The Hall–Kier alpha value is -0.330. The van der Waals surface area contributed by atoms with Crippen molar-refractivity contribution >= 4 is 0 Å². The van der Waals surface area contributed by atoms with E-state index in [-0.39, 0.29) is 0 Å². The Labute approximate surface area is 132 Å². The zero-order valence-corrected chi connectivity index (χ0v) is 14.4. The first-order valence-corrected chi connectivity index (χ1v) is 8.17. The van der Waals surface area contributed by atoms with Crippen LogP contribution in [-0.4, -0.2) is 61.0 Å². The molecule has 22 heavy (non-hydrogen) atoms. The first kappa shape index (κ1) is 19.7. The van der Waals surface area contributed by atoms with E-state index in [0.717, 1.165) is 6.42 Å². The molecule has 0 bridgehead atoms. The van der Waals surface area contributed by atoms with Gasteiger partial charge in [0.15, 0.2) is 0 Å². The molecule has 0 aromatic heterocycles. The molecule has 0 saturated carbocycles. The van der Waals surface area contributed by atoms with Crippen LogP contribution in [0.3, 0.4) is 0 Å². The van der Waals surface area contributed by atoms with Crippen molar-refractivity contribution in [3.8, 4) is 0 Å². The topological polar surface area (TPSA) is 26.7 Å². The lowest BCUT2D eigenvalue weighted by Crippen LogP contribution is -2.56. The van der Waals surface area contributed by atoms with Crippen molar-refractivity contribution in [2.24, 2.45) is 23.7 Å². The molecular formula is C16H31F3N2O. The van der Waals surface area contributed by atoms with Gasteiger partial charge < -0.3 is 10.0 Å². The van der Waals surface area contributed by atoms with E-state index in [4.69, 9.17) is 0 Å². The van der Waals surface area contributed by atoms with Crippen molar-refractivity contribution in [1.29, 1.82) is 0 Å². The molecule has 1 fully saturated rings. The van der Waals surface area contributed by atoms with Gasteiger partial charge in [-0.15, -0.1) is 0 Å². The molecule has 132 valence electrons. The van der Waals surface area contributed by atoms with Crippen LogP contribution in [0.1, 0.15) is 33.6 Å². The SMILES string of the molecule is CC(C)CCN1CC(CCN(C)C)C(C(F)(F)F)C(C)C1O. The molecule has 0 radical (unpaired) electrons. The van der Waals surface area contributed by atoms with Crippen LogP contribution in [-0.2, 0) is 0 Å². The van der Waals surface area contributed by atoms with Crippen LogP contribution in [0.2, 0.25) is 0 Å². The maximum Gasteiger partial charge on any atom is 0.392 e. The molecule has 1 N–H and O–H groups in total. The normalized spacial score (nSPS) is 31.2. The molecule has 0 amide bonds. The highest BCUT2D eigenvalue weighted by Crippen LogP contribution is 2.44. The molecule has 0 aromatic carbocycles. The van der Waals surface area contributed by atoms with Gasteiger partial charge in [-0.3, -0.25) is 4.90 Å². The number of nitrogens with zero attached hydrogens (tertiary/aromatic N) is 2. The van der Waals surface area contributed by atoms with Gasteiger partial charge in [-0.25, -0.2) is 0 Å². The minimum Gasteiger partial charge on any atom is -0.378 e. The number of rotatable bonds is 6. The summed E-state index contributed by atoms with van der Waals surface area (Å²) >= 11 is 0. The van der Waals surface area contributed by atoms with E-state index in [1.165, 1.54) is 6.92 Å². The summed E-state index contributed by atoms with van der Waals surface area (Å²) in [4.78, 5) is 3.76. The van der Waals surface area contributed by atoms with Gasteiger partial charge in [-0.2, -0.15) is 13.2 Å². The second-order valence-electron chi connectivity index (χ2n) is 7.37. The summed E-state index contributed by atoms with van der Waals surface area (Å²) in [5.41, 5.74) is 0. The number of halogens is 3. The van der Waals surface area contributed by atoms with E-state index in [0.29, 0.717) is 32.0 Å². The van der Waals surface area contributed by atoms with Gasteiger partial charge in [-0.05, 0) is 45.3 Å². The fourth-order valence-electron chi connectivity index (χ4n) is 3.38. The van der Waals surface area contributed by atoms with Crippen molar-refractivity contribution in [3.05, 3.63) is 0 Å². The summed E-state index contributed by atoms with van der Waals surface area (Å²) in [5, 5.41) is 10.3. The van der Waals surface area contributed by atoms with E-state index < -0.39 is 30.2 Å². The summed E-state index contributed by atoms with van der Waals surface area (Å²) in [6.07, 6.45) is -3.85. The summed E-state index contributed by atoms with van der Waals surface area (Å²) in [7, 11) is 3.75. The lowest BCUT2D eigenvalue weighted by molar-refractivity contribution is -0.244. The van der Waals surface area contributed by atoms with Crippen LogP contribution in [0.15, 0.2) is 0 Å². The van der Waals surface area contributed by atoms with E-state index in [1.807, 2.05) is 23.9 Å². The highest BCUT2D eigenvalue weighted by Gasteiger charge is 2.53. The second-order valence-corrected chi connectivity index (χ2v) is 7.37. The molecule has 0 spiro atoms. The Morgan fingerprint density at radius 1 is 1.27 bits per heavy atom. The number of likely N-dealkylation sites (tertiary alicyclic amines) is 1. The molecule has 1 saturated heterocycles.